The second-order valence-electron chi connectivity index (χ2n) is 11.8. The van der Waals surface area contributed by atoms with Crippen LogP contribution >= 0.6 is 0 Å². The van der Waals surface area contributed by atoms with Crippen LogP contribution in [0.3, 0.4) is 0 Å². The van der Waals surface area contributed by atoms with Crippen LogP contribution in [0.2, 0.25) is 0 Å². The summed E-state index contributed by atoms with van der Waals surface area (Å²) in [4.78, 5) is 9.99. The van der Waals surface area contributed by atoms with Crippen molar-refractivity contribution in [1.29, 1.82) is 0 Å². The molecule has 0 unspecified atom stereocenters. The molecule has 2 heterocycles. The Hall–Kier alpha value is -6.06. The highest BCUT2D eigenvalue weighted by Crippen LogP contribution is 2.52. The van der Waals surface area contributed by atoms with E-state index in [4.69, 9.17) is 9.97 Å². The quantitative estimate of drug-likeness (QED) is 0.211. The van der Waals surface area contributed by atoms with E-state index >= 15 is 0 Å². The summed E-state index contributed by atoms with van der Waals surface area (Å²) in [5, 5.41) is 6.28. The first-order valence-electron chi connectivity index (χ1n) is 15.4. The predicted molar refractivity (Wildman–Crippen MR) is 187 cm³/mol. The summed E-state index contributed by atoms with van der Waals surface area (Å²) < 4.78 is 2.41. The summed E-state index contributed by atoms with van der Waals surface area (Å²) in [5.74, 6) is 0.737. The first-order valence-corrected chi connectivity index (χ1v) is 15.4. The van der Waals surface area contributed by atoms with E-state index in [0.29, 0.717) is 0 Å². The summed E-state index contributed by atoms with van der Waals surface area (Å²) in [6, 6.07) is 54.1. The maximum atomic E-state index is 5.09. The first-order chi connectivity index (χ1) is 22.3. The average Bonchev–Trinajstić information content (AvgIpc) is 3.62. The smallest absolute Gasteiger partial charge is 0.160 e. The number of rotatable bonds is 3. The van der Waals surface area contributed by atoms with Gasteiger partial charge in [0.15, 0.2) is 5.82 Å². The number of fused-ring (bicyclic) bond motifs is 8. The van der Waals surface area contributed by atoms with Crippen LogP contribution in [-0.4, -0.2) is 14.5 Å². The van der Waals surface area contributed by atoms with Crippen LogP contribution in [0.15, 0.2) is 152 Å². The lowest BCUT2D eigenvalue weighted by Crippen LogP contribution is -1.96. The predicted octanol–water partition coefficient (Wildman–Crippen LogP) is 10.9. The number of benzene rings is 7. The SMILES string of the molecule is c1ccc(-c2nc(-c3ccc(-n4c5ccccc5c5c6c(ccc54)-c4cccc5cccc-6c45)cc3)c3ccccc3n2)cc1. The van der Waals surface area contributed by atoms with Gasteiger partial charge in [-0.15, -0.1) is 0 Å². The minimum absolute atomic E-state index is 0.737. The van der Waals surface area contributed by atoms with Gasteiger partial charge in [-0.1, -0.05) is 121 Å². The van der Waals surface area contributed by atoms with Crippen LogP contribution in [0, 0.1) is 0 Å². The lowest BCUT2D eigenvalue weighted by atomic mass is 9.98. The zero-order valence-corrected chi connectivity index (χ0v) is 24.3. The van der Waals surface area contributed by atoms with Gasteiger partial charge in [-0.05, 0) is 57.8 Å². The molecule has 2 aromatic heterocycles. The highest BCUT2D eigenvalue weighted by molar-refractivity contribution is 6.26. The van der Waals surface area contributed by atoms with Gasteiger partial charge >= 0.3 is 0 Å². The summed E-state index contributed by atoms with van der Waals surface area (Å²) in [5.41, 5.74) is 12.8. The molecule has 208 valence electrons. The lowest BCUT2D eigenvalue weighted by Gasteiger charge is -2.12. The van der Waals surface area contributed by atoms with Crippen LogP contribution in [0.4, 0.5) is 0 Å². The standard InChI is InChI=1S/C42H25N3/c1-2-10-28(11-3-1)42-43-35-18-6-4-14-32(35)41(44-42)27-20-22-29(23-21-27)45-36-19-7-5-15-33(36)40-37(45)25-24-31-30-16-8-12-26-13-9-17-34(38(26)30)39(31)40/h1-25H. The van der Waals surface area contributed by atoms with Crippen molar-refractivity contribution >= 4 is 43.5 Å². The molecule has 1 aliphatic carbocycles. The van der Waals surface area contributed by atoms with Crippen molar-refractivity contribution in [3.63, 3.8) is 0 Å². The molecule has 0 atom stereocenters. The van der Waals surface area contributed by atoms with Gasteiger partial charge < -0.3 is 4.57 Å². The summed E-state index contributed by atoms with van der Waals surface area (Å²) in [7, 11) is 0. The summed E-state index contributed by atoms with van der Waals surface area (Å²) in [6.45, 7) is 0. The van der Waals surface area contributed by atoms with E-state index in [9.17, 15) is 0 Å². The number of hydrogen-bond donors (Lipinski definition) is 0. The van der Waals surface area contributed by atoms with Gasteiger partial charge in [-0.2, -0.15) is 0 Å². The molecule has 9 aromatic rings. The third kappa shape index (κ3) is 3.46. The van der Waals surface area contributed by atoms with Crippen molar-refractivity contribution < 1.29 is 0 Å². The Bertz CT molecular complexity index is 2620. The van der Waals surface area contributed by atoms with E-state index in [1.807, 2.05) is 24.3 Å². The normalized spacial score (nSPS) is 12.0. The molecule has 3 heteroatoms. The molecule has 0 amide bonds. The fourth-order valence-corrected chi connectivity index (χ4v) is 7.40. The Labute approximate surface area is 259 Å². The lowest BCUT2D eigenvalue weighted by molar-refractivity contribution is 1.18. The molecule has 0 radical (unpaired) electrons. The monoisotopic (exact) mass is 571 g/mol. The molecule has 0 N–H and O–H groups in total. The minimum Gasteiger partial charge on any atom is -0.309 e. The Kier molecular flexibility index (Phi) is 5.00. The number of nitrogens with zero attached hydrogens (tertiary/aromatic N) is 3. The third-order valence-corrected chi connectivity index (χ3v) is 9.34. The van der Waals surface area contributed by atoms with Crippen LogP contribution in [0.1, 0.15) is 0 Å². The van der Waals surface area contributed by atoms with Gasteiger partial charge in [0.1, 0.15) is 0 Å². The molecule has 45 heavy (non-hydrogen) atoms. The van der Waals surface area contributed by atoms with Crippen molar-refractivity contribution in [1.82, 2.24) is 14.5 Å². The fourth-order valence-electron chi connectivity index (χ4n) is 7.40. The van der Waals surface area contributed by atoms with E-state index < -0.39 is 0 Å². The molecule has 10 rings (SSSR count). The van der Waals surface area contributed by atoms with Crippen LogP contribution in [0.5, 0.6) is 0 Å². The fraction of sp³-hybridized carbons (Fsp3) is 0. The third-order valence-electron chi connectivity index (χ3n) is 9.34. The van der Waals surface area contributed by atoms with E-state index in [1.165, 1.54) is 54.8 Å². The van der Waals surface area contributed by atoms with Crippen molar-refractivity contribution in [2.24, 2.45) is 0 Å². The van der Waals surface area contributed by atoms with Crippen molar-refractivity contribution in [3.8, 4) is 50.6 Å². The van der Waals surface area contributed by atoms with Crippen LogP contribution < -0.4 is 0 Å². The van der Waals surface area contributed by atoms with Gasteiger partial charge in [0.05, 0.1) is 22.2 Å². The highest BCUT2D eigenvalue weighted by Gasteiger charge is 2.26. The molecule has 3 nitrogen and oxygen atoms in total. The van der Waals surface area contributed by atoms with Crippen LogP contribution in [0.25, 0.3) is 94.1 Å². The van der Waals surface area contributed by atoms with E-state index in [2.05, 4.69) is 132 Å². The summed E-state index contributed by atoms with van der Waals surface area (Å²) >= 11 is 0. The number of para-hydroxylation sites is 2. The molecular formula is C42H25N3. The zero-order valence-electron chi connectivity index (χ0n) is 24.3. The average molecular weight is 572 g/mol. The molecule has 0 bridgehead atoms. The van der Waals surface area contributed by atoms with E-state index in [-0.39, 0.29) is 0 Å². The van der Waals surface area contributed by atoms with Gasteiger partial charge in [0, 0.05) is 38.5 Å². The molecular weight excluding hydrogens is 546 g/mol. The van der Waals surface area contributed by atoms with Crippen molar-refractivity contribution in [2.45, 2.75) is 0 Å². The Morgan fingerprint density at radius 2 is 1.16 bits per heavy atom. The Morgan fingerprint density at radius 3 is 2.00 bits per heavy atom. The zero-order chi connectivity index (χ0) is 29.5. The van der Waals surface area contributed by atoms with Crippen molar-refractivity contribution in [3.05, 3.63) is 152 Å². The molecule has 0 fully saturated rings. The molecule has 0 saturated carbocycles. The minimum atomic E-state index is 0.737. The molecule has 0 saturated heterocycles. The second kappa shape index (κ2) is 9.22. The number of aromatic nitrogens is 3. The number of hydrogen-bond acceptors (Lipinski definition) is 2. The molecule has 7 aromatic carbocycles. The topological polar surface area (TPSA) is 30.7 Å². The highest BCUT2D eigenvalue weighted by atomic mass is 15.0. The summed E-state index contributed by atoms with van der Waals surface area (Å²) in [6.07, 6.45) is 0. The molecule has 0 aliphatic heterocycles. The molecule has 0 spiro atoms. The van der Waals surface area contributed by atoms with E-state index in [0.717, 1.165) is 39.2 Å². The first kappa shape index (κ1) is 24.4. The van der Waals surface area contributed by atoms with Crippen LogP contribution in [-0.2, 0) is 0 Å². The maximum Gasteiger partial charge on any atom is 0.160 e. The van der Waals surface area contributed by atoms with Gasteiger partial charge in [0.2, 0.25) is 0 Å². The second-order valence-corrected chi connectivity index (χ2v) is 11.8. The Balaban J connectivity index is 1.18. The van der Waals surface area contributed by atoms with Gasteiger partial charge in [-0.25, -0.2) is 9.97 Å². The molecule has 1 aliphatic rings. The Morgan fingerprint density at radius 1 is 0.422 bits per heavy atom. The maximum absolute atomic E-state index is 5.09. The van der Waals surface area contributed by atoms with Gasteiger partial charge in [0.25, 0.3) is 0 Å². The van der Waals surface area contributed by atoms with Crippen molar-refractivity contribution in [2.75, 3.05) is 0 Å². The van der Waals surface area contributed by atoms with E-state index in [1.54, 1.807) is 0 Å². The van der Waals surface area contributed by atoms with Gasteiger partial charge in [-0.3, -0.25) is 0 Å². The largest absolute Gasteiger partial charge is 0.309 e.